The van der Waals surface area contributed by atoms with Crippen molar-refractivity contribution in [3.63, 3.8) is 0 Å². The number of aliphatic hydroxyl groups excluding tert-OH is 2. The number of likely N-dealkylation sites (tertiary alicyclic amines) is 2. The van der Waals surface area contributed by atoms with Gasteiger partial charge in [0.2, 0.25) is 0 Å². The van der Waals surface area contributed by atoms with Gasteiger partial charge in [0, 0.05) is 31.6 Å². The van der Waals surface area contributed by atoms with E-state index >= 15 is 0 Å². The van der Waals surface area contributed by atoms with Crippen molar-refractivity contribution in [3.8, 4) is 0 Å². The summed E-state index contributed by atoms with van der Waals surface area (Å²) in [4.78, 5) is 4.80. The second-order valence-corrected chi connectivity index (χ2v) is 7.06. The van der Waals surface area contributed by atoms with Gasteiger partial charge in [-0.15, -0.1) is 0 Å². The highest BCUT2D eigenvalue weighted by Crippen LogP contribution is 2.32. The van der Waals surface area contributed by atoms with E-state index in [0.29, 0.717) is 0 Å². The summed E-state index contributed by atoms with van der Waals surface area (Å²) in [6.45, 7) is 7.52. The maximum absolute atomic E-state index is 9.81. The van der Waals surface area contributed by atoms with Crippen LogP contribution in [0, 0.1) is 5.41 Å². The van der Waals surface area contributed by atoms with Crippen molar-refractivity contribution in [2.24, 2.45) is 5.41 Å². The highest BCUT2D eigenvalue weighted by molar-refractivity contribution is 4.93. The van der Waals surface area contributed by atoms with Crippen molar-refractivity contribution in [1.29, 1.82) is 0 Å². The van der Waals surface area contributed by atoms with Crippen molar-refractivity contribution < 1.29 is 14.9 Å². The molecular weight excluding hydrogens is 256 g/mol. The molecule has 0 aromatic heterocycles. The van der Waals surface area contributed by atoms with Crippen LogP contribution in [0.3, 0.4) is 0 Å². The number of ether oxygens (including phenoxy) is 1. The summed E-state index contributed by atoms with van der Waals surface area (Å²) in [6, 6.07) is 0. The smallest absolute Gasteiger partial charge is 0.0667 e. The monoisotopic (exact) mass is 284 g/mol. The molecule has 0 aliphatic carbocycles. The van der Waals surface area contributed by atoms with Gasteiger partial charge in [0.1, 0.15) is 0 Å². The molecule has 3 aliphatic rings. The third-order valence-corrected chi connectivity index (χ3v) is 4.90. The third-order valence-electron chi connectivity index (χ3n) is 4.90. The van der Waals surface area contributed by atoms with Gasteiger partial charge in [-0.25, -0.2) is 0 Å². The molecule has 0 saturated carbocycles. The second-order valence-electron chi connectivity index (χ2n) is 7.06. The normalized spacial score (nSPS) is 35.7. The molecule has 3 rings (SSSR count). The van der Waals surface area contributed by atoms with Crippen molar-refractivity contribution in [1.82, 2.24) is 9.80 Å². The minimum atomic E-state index is -0.154. The number of piperidine rings is 2. The van der Waals surface area contributed by atoms with Gasteiger partial charge in [-0.3, -0.25) is 9.80 Å². The zero-order chi connectivity index (χ0) is 14.0. The first-order valence-electron chi connectivity index (χ1n) is 8.04. The number of β-amino-alcohol motifs (C(OH)–C–C–N with tert-alkyl or cyclic N) is 2. The zero-order valence-corrected chi connectivity index (χ0v) is 12.3. The van der Waals surface area contributed by atoms with Gasteiger partial charge >= 0.3 is 0 Å². The van der Waals surface area contributed by atoms with Crippen LogP contribution in [0.1, 0.15) is 25.7 Å². The largest absolute Gasteiger partial charge is 0.392 e. The summed E-state index contributed by atoms with van der Waals surface area (Å²) in [5, 5.41) is 19.6. The fourth-order valence-electron chi connectivity index (χ4n) is 3.92. The predicted molar refractivity (Wildman–Crippen MR) is 76.6 cm³/mol. The molecule has 5 nitrogen and oxygen atoms in total. The molecule has 0 bridgehead atoms. The van der Waals surface area contributed by atoms with E-state index in [1.807, 2.05) is 0 Å². The molecule has 116 valence electrons. The Morgan fingerprint density at radius 2 is 1.40 bits per heavy atom. The van der Waals surface area contributed by atoms with Crippen LogP contribution in [-0.2, 0) is 4.74 Å². The molecule has 20 heavy (non-hydrogen) atoms. The number of nitrogens with zero attached hydrogens (tertiary/aromatic N) is 2. The molecule has 0 spiro atoms. The number of hydrogen-bond donors (Lipinski definition) is 2. The van der Waals surface area contributed by atoms with Crippen molar-refractivity contribution in [3.05, 3.63) is 0 Å². The quantitative estimate of drug-likeness (QED) is 0.756. The van der Waals surface area contributed by atoms with Crippen LogP contribution in [0.5, 0.6) is 0 Å². The summed E-state index contributed by atoms with van der Waals surface area (Å²) in [5.74, 6) is 0. The highest BCUT2D eigenvalue weighted by atomic mass is 16.5. The van der Waals surface area contributed by atoms with E-state index in [-0.39, 0.29) is 17.6 Å². The predicted octanol–water partition coefficient (Wildman–Crippen LogP) is -0.0836. The fourth-order valence-corrected chi connectivity index (χ4v) is 3.92. The minimum absolute atomic E-state index is 0.154. The summed E-state index contributed by atoms with van der Waals surface area (Å²) in [7, 11) is 0. The Morgan fingerprint density at radius 1 is 0.900 bits per heavy atom. The SMILES string of the molecule is O[C@@H]1CCCN(CC2(CN3CCC[C@@H](O)C3)COC2)C1. The zero-order valence-electron chi connectivity index (χ0n) is 12.3. The van der Waals surface area contributed by atoms with Crippen LogP contribution < -0.4 is 0 Å². The molecule has 3 saturated heterocycles. The third kappa shape index (κ3) is 3.52. The minimum Gasteiger partial charge on any atom is -0.392 e. The molecule has 2 atom stereocenters. The molecule has 3 fully saturated rings. The first-order chi connectivity index (χ1) is 9.65. The average molecular weight is 284 g/mol. The van der Waals surface area contributed by atoms with Crippen LogP contribution in [0.4, 0.5) is 0 Å². The molecule has 0 unspecified atom stereocenters. The number of hydrogen-bond acceptors (Lipinski definition) is 5. The van der Waals surface area contributed by atoms with Gasteiger partial charge < -0.3 is 14.9 Å². The fraction of sp³-hybridized carbons (Fsp3) is 1.00. The molecule has 0 aromatic carbocycles. The second kappa shape index (κ2) is 6.28. The summed E-state index contributed by atoms with van der Waals surface area (Å²) >= 11 is 0. The Labute approximate surface area is 121 Å². The van der Waals surface area contributed by atoms with Crippen LogP contribution in [0.2, 0.25) is 0 Å². The van der Waals surface area contributed by atoms with Crippen molar-refractivity contribution in [2.45, 2.75) is 37.9 Å². The first kappa shape index (κ1) is 14.7. The molecule has 3 aliphatic heterocycles. The number of rotatable bonds is 4. The maximum Gasteiger partial charge on any atom is 0.0667 e. The summed E-state index contributed by atoms with van der Waals surface area (Å²) in [5.41, 5.74) is 0.216. The highest BCUT2D eigenvalue weighted by Gasteiger charge is 2.42. The lowest BCUT2D eigenvalue weighted by atomic mass is 9.83. The standard InChI is InChI=1S/C15H28N2O3/c18-13-3-1-5-16(7-13)9-15(11-20-12-15)10-17-6-2-4-14(19)8-17/h13-14,18-19H,1-12H2/t13-,14-/m1/s1. The Hall–Kier alpha value is -0.200. The van der Waals surface area contributed by atoms with E-state index in [4.69, 9.17) is 4.74 Å². The lowest BCUT2D eigenvalue weighted by molar-refractivity contribution is -0.146. The van der Waals surface area contributed by atoms with Gasteiger partial charge in [0.25, 0.3) is 0 Å². The van der Waals surface area contributed by atoms with E-state index in [1.165, 1.54) is 0 Å². The van der Waals surface area contributed by atoms with Crippen LogP contribution >= 0.6 is 0 Å². The van der Waals surface area contributed by atoms with Gasteiger partial charge in [-0.1, -0.05) is 0 Å². The van der Waals surface area contributed by atoms with Gasteiger partial charge in [0.05, 0.1) is 25.4 Å². The molecule has 3 heterocycles. The van der Waals surface area contributed by atoms with Crippen LogP contribution in [0.15, 0.2) is 0 Å². The van der Waals surface area contributed by atoms with Crippen molar-refractivity contribution >= 4 is 0 Å². The Kier molecular flexibility index (Phi) is 4.62. The van der Waals surface area contributed by atoms with Gasteiger partial charge in [-0.2, -0.15) is 0 Å². The average Bonchev–Trinajstić information content (AvgIpc) is 2.36. The Balaban J connectivity index is 1.54. The molecule has 0 amide bonds. The van der Waals surface area contributed by atoms with Gasteiger partial charge in [0.15, 0.2) is 0 Å². The lowest BCUT2D eigenvalue weighted by Gasteiger charge is -2.49. The Bertz CT molecular complexity index is 296. The number of aliphatic hydroxyl groups is 2. The topological polar surface area (TPSA) is 56.2 Å². The summed E-state index contributed by atoms with van der Waals surface area (Å²) in [6.07, 6.45) is 3.77. The van der Waals surface area contributed by atoms with E-state index in [9.17, 15) is 10.2 Å². The molecule has 5 heteroatoms. The molecular formula is C15H28N2O3. The lowest BCUT2D eigenvalue weighted by Crippen LogP contribution is -2.59. The first-order valence-corrected chi connectivity index (χ1v) is 8.04. The van der Waals surface area contributed by atoms with Crippen LogP contribution in [-0.4, -0.2) is 84.7 Å². The summed E-state index contributed by atoms with van der Waals surface area (Å²) < 4.78 is 5.50. The van der Waals surface area contributed by atoms with E-state index < -0.39 is 0 Å². The van der Waals surface area contributed by atoms with E-state index in [0.717, 1.165) is 78.2 Å². The van der Waals surface area contributed by atoms with Gasteiger partial charge in [-0.05, 0) is 38.8 Å². The van der Waals surface area contributed by atoms with E-state index in [1.54, 1.807) is 0 Å². The molecule has 0 radical (unpaired) electrons. The van der Waals surface area contributed by atoms with E-state index in [2.05, 4.69) is 9.80 Å². The van der Waals surface area contributed by atoms with Crippen molar-refractivity contribution in [2.75, 3.05) is 52.5 Å². The maximum atomic E-state index is 9.81. The Morgan fingerprint density at radius 3 is 1.75 bits per heavy atom. The molecule has 0 aromatic rings. The molecule has 2 N–H and O–H groups in total. The van der Waals surface area contributed by atoms with Crippen LogP contribution in [0.25, 0.3) is 0 Å².